The van der Waals surface area contributed by atoms with E-state index in [4.69, 9.17) is 0 Å². The summed E-state index contributed by atoms with van der Waals surface area (Å²) in [6.07, 6.45) is 5.81. The maximum absolute atomic E-state index is 12.8. The summed E-state index contributed by atoms with van der Waals surface area (Å²) in [5.74, 6) is 0.302. The fraction of sp³-hybridized carbons (Fsp3) is 0.526. The Balaban J connectivity index is 1.41. The van der Waals surface area contributed by atoms with Gasteiger partial charge in [-0.3, -0.25) is 4.79 Å². The lowest BCUT2D eigenvalue weighted by atomic mass is 9.96. The first-order chi connectivity index (χ1) is 11.7. The van der Waals surface area contributed by atoms with Crippen LogP contribution in [0, 0.1) is 0 Å². The summed E-state index contributed by atoms with van der Waals surface area (Å²) < 4.78 is 0.293. The molecule has 1 aromatic carbocycles. The number of aromatic nitrogens is 1. The van der Waals surface area contributed by atoms with E-state index in [9.17, 15) is 4.79 Å². The number of aryl methyl sites for hydroxylation is 1. The van der Waals surface area contributed by atoms with E-state index >= 15 is 0 Å². The number of carbonyl (C=O) groups is 1. The van der Waals surface area contributed by atoms with Crippen LogP contribution in [0.1, 0.15) is 31.7 Å². The van der Waals surface area contributed by atoms with Crippen molar-refractivity contribution in [1.82, 2.24) is 15.2 Å². The molecule has 0 bridgehead atoms. The molecule has 4 rings (SSSR count). The van der Waals surface area contributed by atoms with Gasteiger partial charge in [-0.1, -0.05) is 18.2 Å². The summed E-state index contributed by atoms with van der Waals surface area (Å²) in [5.41, 5.74) is 2.40. The molecule has 0 radical (unpaired) electrons. The SMILES string of the molecule is C[C@H]1SC2(CCNCC2)CN1C(=O)CCc1c[nH]c2ccccc12. The summed E-state index contributed by atoms with van der Waals surface area (Å²) in [6.45, 7) is 5.27. The van der Waals surface area contributed by atoms with Gasteiger partial charge >= 0.3 is 0 Å². The number of rotatable bonds is 3. The highest BCUT2D eigenvalue weighted by atomic mass is 32.2. The van der Waals surface area contributed by atoms with Crippen molar-refractivity contribution in [2.45, 2.75) is 42.7 Å². The van der Waals surface area contributed by atoms with Crippen LogP contribution in [-0.2, 0) is 11.2 Å². The van der Waals surface area contributed by atoms with Crippen LogP contribution in [-0.4, -0.2) is 45.5 Å². The number of para-hydroxylation sites is 1. The second kappa shape index (κ2) is 6.45. The van der Waals surface area contributed by atoms with Crippen molar-refractivity contribution in [2.24, 2.45) is 0 Å². The molecule has 0 unspecified atom stereocenters. The standard InChI is InChI=1S/C19H25N3OS/c1-14-22(13-19(24-14)8-10-20-11-9-19)18(23)7-6-15-12-21-17-5-3-2-4-16(15)17/h2-5,12,14,20-21H,6-11,13H2,1H3/t14-/m1/s1. The number of nitrogens with one attached hydrogen (secondary N) is 2. The second-order valence-electron chi connectivity index (χ2n) is 7.03. The number of fused-ring (bicyclic) bond motifs is 1. The Kier molecular flexibility index (Phi) is 4.31. The zero-order valence-electron chi connectivity index (χ0n) is 14.2. The maximum atomic E-state index is 12.8. The van der Waals surface area contributed by atoms with E-state index in [0.29, 0.717) is 22.4 Å². The summed E-state index contributed by atoms with van der Waals surface area (Å²) >= 11 is 2.01. The van der Waals surface area contributed by atoms with Gasteiger partial charge in [0.1, 0.15) is 0 Å². The Hall–Kier alpha value is -1.46. The van der Waals surface area contributed by atoms with Crippen molar-refractivity contribution in [3.05, 3.63) is 36.0 Å². The summed E-state index contributed by atoms with van der Waals surface area (Å²) in [6, 6.07) is 8.31. The lowest BCUT2D eigenvalue weighted by Crippen LogP contribution is -2.43. The van der Waals surface area contributed by atoms with Crippen LogP contribution in [0.2, 0.25) is 0 Å². The molecule has 5 heteroatoms. The first kappa shape index (κ1) is 16.0. The van der Waals surface area contributed by atoms with Crippen LogP contribution in [0.3, 0.4) is 0 Å². The van der Waals surface area contributed by atoms with E-state index in [2.05, 4.69) is 46.5 Å². The molecule has 24 heavy (non-hydrogen) atoms. The van der Waals surface area contributed by atoms with E-state index in [1.54, 1.807) is 0 Å². The fourth-order valence-electron chi connectivity index (χ4n) is 4.07. The molecule has 2 saturated heterocycles. The molecular formula is C19H25N3OS. The number of carbonyl (C=O) groups excluding carboxylic acids is 1. The molecule has 0 saturated carbocycles. The van der Waals surface area contributed by atoms with Crippen molar-refractivity contribution >= 4 is 28.6 Å². The number of hydrogen-bond acceptors (Lipinski definition) is 3. The molecule has 2 aromatic rings. The van der Waals surface area contributed by atoms with Gasteiger partial charge in [-0.25, -0.2) is 0 Å². The van der Waals surface area contributed by atoms with Gasteiger partial charge in [0.05, 0.1) is 5.37 Å². The van der Waals surface area contributed by atoms with Crippen molar-refractivity contribution in [2.75, 3.05) is 19.6 Å². The van der Waals surface area contributed by atoms with Gasteiger partial charge in [0.15, 0.2) is 0 Å². The van der Waals surface area contributed by atoms with Gasteiger partial charge in [-0.15, -0.1) is 11.8 Å². The lowest BCUT2D eigenvalue weighted by molar-refractivity contribution is -0.131. The van der Waals surface area contributed by atoms with E-state index < -0.39 is 0 Å². The Morgan fingerprint density at radius 1 is 1.33 bits per heavy atom. The van der Waals surface area contributed by atoms with Crippen molar-refractivity contribution in [3.8, 4) is 0 Å². The molecule has 1 amide bonds. The number of piperidine rings is 1. The van der Waals surface area contributed by atoms with Gasteiger partial charge in [0.2, 0.25) is 5.91 Å². The molecule has 128 valence electrons. The van der Waals surface area contributed by atoms with E-state index in [0.717, 1.165) is 31.6 Å². The van der Waals surface area contributed by atoms with E-state index in [-0.39, 0.29) is 0 Å². The average Bonchev–Trinajstić information content (AvgIpc) is 3.15. The third-order valence-electron chi connectivity index (χ3n) is 5.44. The maximum Gasteiger partial charge on any atom is 0.223 e. The molecule has 2 N–H and O–H groups in total. The number of hydrogen-bond donors (Lipinski definition) is 2. The third-order valence-corrected chi connectivity index (χ3v) is 7.07. The number of nitrogens with zero attached hydrogens (tertiary/aromatic N) is 1. The molecule has 4 nitrogen and oxygen atoms in total. The minimum Gasteiger partial charge on any atom is -0.361 e. The quantitative estimate of drug-likeness (QED) is 0.900. The number of aromatic amines is 1. The number of H-pyrrole nitrogens is 1. The van der Waals surface area contributed by atoms with Gasteiger partial charge in [-0.05, 0) is 50.9 Å². The normalized spacial score (nSPS) is 23.2. The monoisotopic (exact) mass is 343 g/mol. The molecule has 2 aliphatic rings. The Labute approximate surface area is 147 Å². The van der Waals surface area contributed by atoms with Crippen LogP contribution in [0.15, 0.2) is 30.5 Å². The van der Waals surface area contributed by atoms with Gasteiger partial charge in [0.25, 0.3) is 0 Å². The largest absolute Gasteiger partial charge is 0.361 e. The second-order valence-corrected chi connectivity index (χ2v) is 8.82. The predicted octanol–water partition coefficient (Wildman–Crippen LogP) is 3.14. The first-order valence-electron chi connectivity index (χ1n) is 8.90. The van der Waals surface area contributed by atoms with E-state index in [1.165, 1.54) is 23.8 Å². The third kappa shape index (κ3) is 2.95. The van der Waals surface area contributed by atoms with Crippen LogP contribution >= 0.6 is 11.8 Å². The number of benzene rings is 1. The molecule has 0 aliphatic carbocycles. The Bertz CT molecular complexity index is 735. The van der Waals surface area contributed by atoms with Crippen LogP contribution in [0.25, 0.3) is 10.9 Å². The highest BCUT2D eigenvalue weighted by Crippen LogP contribution is 2.45. The molecule has 2 fully saturated rings. The molecule has 2 aliphatic heterocycles. The molecule has 1 spiro atoms. The van der Waals surface area contributed by atoms with Gasteiger partial charge in [-0.2, -0.15) is 0 Å². The predicted molar refractivity (Wildman–Crippen MR) is 100 cm³/mol. The average molecular weight is 343 g/mol. The molecule has 3 heterocycles. The van der Waals surface area contributed by atoms with Gasteiger partial charge < -0.3 is 15.2 Å². The lowest BCUT2D eigenvalue weighted by Gasteiger charge is -2.32. The van der Waals surface area contributed by atoms with Crippen molar-refractivity contribution in [1.29, 1.82) is 0 Å². The summed E-state index contributed by atoms with van der Waals surface area (Å²) in [5, 5.41) is 4.98. The summed E-state index contributed by atoms with van der Waals surface area (Å²) in [7, 11) is 0. The first-order valence-corrected chi connectivity index (χ1v) is 9.78. The minimum absolute atomic E-state index is 0.293. The minimum atomic E-state index is 0.293. The molecular weight excluding hydrogens is 318 g/mol. The topological polar surface area (TPSA) is 48.1 Å². The zero-order chi connectivity index (χ0) is 16.6. The zero-order valence-corrected chi connectivity index (χ0v) is 15.0. The van der Waals surface area contributed by atoms with Crippen LogP contribution in [0.4, 0.5) is 0 Å². The Morgan fingerprint density at radius 2 is 2.12 bits per heavy atom. The smallest absolute Gasteiger partial charge is 0.223 e. The van der Waals surface area contributed by atoms with Crippen LogP contribution in [0.5, 0.6) is 0 Å². The number of thioether (sulfide) groups is 1. The highest BCUT2D eigenvalue weighted by Gasteiger charge is 2.44. The molecule has 1 aromatic heterocycles. The Morgan fingerprint density at radius 3 is 2.96 bits per heavy atom. The van der Waals surface area contributed by atoms with Crippen molar-refractivity contribution in [3.63, 3.8) is 0 Å². The summed E-state index contributed by atoms with van der Waals surface area (Å²) in [4.78, 5) is 18.2. The van der Waals surface area contributed by atoms with E-state index in [1.807, 2.05) is 17.8 Å². The van der Waals surface area contributed by atoms with Crippen molar-refractivity contribution < 1.29 is 4.79 Å². The highest BCUT2D eigenvalue weighted by molar-refractivity contribution is 8.01. The van der Waals surface area contributed by atoms with Crippen LogP contribution < -0.4 is 5.32 Å². The number of amides is 1. The van der Waals surface area contributed by atoms with Gasteiger partial charge in [0, 0.05) is 34.8 Å². The fourth-order valence-corrected chi connectivity index (χ4v) is 5.77. The molecule has 1 atom stereocenters.